The molecule has 0 aliphatic carbocycles. The number of aromatic nitrogens is 2. The zero-order chi connectivity index (χ0) is 10.8. The van der Waals surface area contributed by atoms with Crippen molar-refractivity contribution in [3.8, 4) is 0 Å². The smallest absolute Gasteiger partial charge is 0.224 e. The first-order valence-electron chi connectivity index (χ1n) is 5.10. The average Bonchev–Trinajstić information content (AvgIpc) is 2.61. The number of aryl methyl sites for hydroxylation is 1. The van der Waals surface area contributed by atoms with E-state index in [1.807, 2.05) is 11.8 Å². The molecule has 82 valence electrons. The van der Waals surface area contributed by atoms with Crippen LogP contribution >= 0.6 is 23.4 Å². The molecule has 15 heavy (non-hydrogen) atoms. The minimum atomic E-state index is 0.350. The fraction of sp³-hybridized carbons (Fsp3) is 0.600. The van der Waals surface area contributed by atoms with Gasteiger partial charge in [0.15, 0.2) is 0 Å². The van der Waals surface area contributed by atoms with E-state index in [0.717, 1.165) is 30.2 Å². The van der Waals surface area contributed by atoms with E-state index < -0.39 is 0 Å². The van der Waals surface area contributed by atoms with Crippen molar-refractivity contribution in [2.45, 2.75) is 25.2 Å². The van der Waals surface area contributed by atoms with Crippen LogP contribution in [0.1, 0.15) is 19.5 Å². The van der Waals surface area contributed by atoms with Crippen molar-refractivity contribution in [2.24, 2.45) is 5.92 Å². The molecule has 0 saturated heterocycles. The van der Waals surface area contributed by atoms with Crippen LogP contribution in [0.15, 0.2) is 4.90 Å². The first kappa shape index (κ1) is 11.0. The summed E-state index contributed by atoms with van der Waals surface area (Å²) in [5.41, 5.74) is 1.09. The summed E-state index contributed by atoms with van der Waals surface area (Å²) < 4.78 is 0. The van der Waals surface area contributed by atoms with Crippen molar-refractivity contribution in [3.05, 3.63) is 11.0 Å². The molecule has 1 N–H and O–H groups in total. The van der Waals surface area contributed by atoms with Crippen LogP contribution in [0.5, 0.6) is 0 Å². The number of hydrogen-bond acceptors (Lipinski definition) is 4. The van der Waals surface area contributed by atoms with E-state index in [1.54, 1.807) is 0 Å². The Balaban J connectivity index is 2.22. The van der Waals surface area contributed by atoms with Crippen molar-refractivity contribution in [3.63, 3.8) is 0 Å². The maximum atomic E-state index is 5.87. The molecule has 0 aromatic carbocycles. The van der Waals surface area contributed by atoms with E-state index >= 15 is 0 Å². The monoisotopic (exact) mass is 243 g/mol. The number of fused-ring (bicyclic) bond motifs is 1. The van der Waals surface area contributed by atoms with Crippen molar-refractivity contribution >= 4 is 29.2 Å². The lowest BCUT2D eigenvalue weighted by atomic mass is 10.2. The lowest BCUT2D eigenvalue weighted by Gasteiger charge is -2.11. The summed E-state index contributed by atoms with van der Waals surface area (Å²) in [5, 5.41) is 3.68. The predicted molar refractivity (Wildman–Crippen MR) is 64.8 cm³/mol. The first-order chi connectivity index (χ1) is 7.16. The Morgan fingerprint density at radius 3 is 3.00 bits per heavy atom. The molecule has 5 heteroatoms. The number of thioether (sulfide) groups is 1. The number of hydrogen-bond donors (Lipinski definition) is 1. The number of rotatable bonds is 3. The maximum absolute atomic E-state index is 5.87. The highest BCUT2D eigenvalue weighted by molar-refractivity contribution is 7.99. The van der Waals surface area contributed by atoms with Crippen LogP contribution in [0.3, 0.4) is 0 Å². The van der Waals surface area contributed by atoms with Gasteiger partial charge in [-0.2, -0.15) is 4.98 Å². The molecule has 2 heterocycles. The van der Waals surface area contributed by atoms with E-state index in [4.69, 9.17) is 11.6 Å². The van der Waals surface area contributed by atoms with Gasteiger partial charge in [0.05, 0.1) is 10.6 Å². The fourth-order valence-corrected chi connectivity index (χ4v) is 2.71. The van der Waals surface area contributed by atoms with Gasteiger partial charge < -0.3 is 5.32 Å². The molecule has 1 aliphatic heterocycles. The minimum Gasteiger partial charge on any atom is -0.369 e. The molecule has 0 amide bonds. The summed E-state index contributed by atoms with van der Waals surface area (Å²) in [7, 11) is 0. The van der Waals surface area contributed by atoms with E-state index in [2.05, 4.69) is 29.1 Å². The molecule has 2 rings (SSSR count). The van der Waals surface area contributed by atoms with E-state index in [1.165, 1.54) is 4.90 Å². The summed E-state index contributed by atoms with van der Waals surface area (Å²) in [6.45, 7) is 5.26. The molecular formula is C10H14ClN3S. The lowest BCUT2D eigenvalue weighted by Crippen LogP contribution is -2.10. The second kappa shape index (κ2) is 4.58. The van der Waals surface area contributed by atoms with Crippen molar-refractivity contribution in [2.75, 3.05) is 17.6 Å². The van der Waals surface area contributed by atoms with Gasteiger partial charge in [0.25, 0.3) is 0 Å². The molecule has 1 aromatic rings. The number of anilines is 1. The zero-order valence-electron chi connectivity index (χ0n) is 8.88. The minimum absolute atomic E-state index is 0.350. The second-order valence-electron chi connectivity index (χ2n) is 3.99. The Bertz CT molecular complexity index is 368. The van der Waals surface area contributed by atoms with Crippen molar-refractivity contribution in [1.82, 2.24) is 9.97 Å². The second-order valence-corrected chi connectivity index (χ2v) is 5.43. The summed E-state index contributed by atoms with van der Waals surface area (Å²) in [6, 6.07) is 0. The normalized spacial score (nSPS) is 14.4. The molecule has 1 aliphatic rings. The van der Waals surface area contributed by atoms with Crippen LogP contribution in [0.2, 0.25) is 5.28 Å². The Kier molecular flexibility index (Phi) is 3.36. The predicted octanol–water partition coefficient (Wildman–Crippen LogP) is 2.85. The third kappa shape index (κ3) is 2.55. The van der Waals surface area contributed by atoms with Gasteiger partial charge in [-0.1, -0.05) is 13.8 Å². The fourth-order valence-electron chi connectivity index (χ4n) is 1.46. The van der Waals surface area contributed by atoms with Gasteiger partial charge in [-0.25, -0.2) is 4.98 Å². The molecule has 3 nitrogen and oxygen atoms in total. The summed E-state index contributed by atoms with van der Waals surface area (Å²) in [5.74, 6) is 2.59. The van der Waals surface area contributed by atoms with Gasteiger partial charge in [0.2, 0.25) is 5.28 Å². The molecule has 0 unspecified atom stereocenters. The Hall–Kier alpha value is -0.480. The zero-order valence-corrected chi connectivity index (χ0v) is 10.5. The first-order valence-corrected chi connectivity index (χ1v) is 6.46. The SMILES string of the molecule is CC(C)CNc1nc(Cl)nc2c1SCC2. The molecule has 0 radical (unpaired) electrons. The van der Waals surface area contributed by atoms with Gasteiger partial charge in [0.1, 0.15) is 5.82 Å². The third-order valence-electron chi connectivity index (χ3n) is 2.17. The van der Waals surface area contributed by atoms with Gasteiger partial charge in [-0.05, 0) is 17.5 Å². The Labute approximate surface area is 99.0 Å². The van der Waals surface area contributed by atoms with Crippen LogP contribution in [0.25, 0.3) is 0 Å². The molecular weight excluding hydrogens is 230 g/mol. The number of halogens is 1. The Morgan fingerprint density at radius 1 is 1.47 bits per heavy atom. The summed E-state index contributed by atoms with van der Waals surface area (Å²) in [4.78, 5) is 9.65. The topological polar surface area (TPSA) is 37.8 Å². The highest BCUT2D eigenvalue weighted by Gasteiger charge is 2.19. The van der Waals surface area contributed by atoms with Gasteiger partial charge in [-0.15, -0.1) is 11.8 Å². The number of nitrogens with one attached hydrogen (secondary N) is 1. The van der Waals surface area contributed by atoms with E-state index in [9.17, 15) is 0 Å². The third-order valence-corrected chi connectivity index (χ3v) is 3.47. The van der Waals surface area contributed by atoms with Gasteiger partial charge >= 0.3 is 0 Å². The molecule has 0 saturated carbocycles. The van der Waals surface area contributed by atoms with Crippen LogP contribution in [0, 0.1) is 5.92 Å². The summed E-state index contributed by atoms with van der Waals surface area (Å²) in [6.07, 6.45) is 0.999. The molecule has 0 atom stereocenters. The van der Waals surface area contributed by atoms with Crippen molar-refractivity contribution < 1.29 is 0 Å². The molecule has 0 bridgehead atoms. The van der Waals surface area contributed by atoms with Crippen LogP contribution < -0.4 is 5.32 Å². The quantitative estimate of drug-likeness (QED) is 0.829. The molecule has 1 aromatic heterocycles. The average molecular weight is 244 g/mol. The van der Waals surface area contributed by atoms with Gasteiger partial charge in [0, 0.05) is 18.7 Å². The number of nitrogens with zero attached hydrogens (tertiary/aromatic N) is 2. The lowest BCUT2D eigenvalue weighted by molar-refractivity contribution is 0.685. The highest BCUT2D eigenvalue weighted by atomic mass is 35.5. The molecule has 0 spiro atoms. The van der Waals surface area contributed by atoms with Gasteiger partial charge in [-0.3, -0.25) is 0 Å². The Morgan fingerprint density at radius 2 is 2.27 bits per heavy atom. The summed E-state index contributed by atoms with van der Waals surface area (Å²) >= 11 is 7.68. The van der Waals surface area contributed by atoms with E-state index in [-0.39, 0.29) is 0 Å². The van der Waals surface area contributed by atoms with E-state index in [0.29, 0.717) is 11.2 Å². The maximum Gasteiger partial charge on any atom is 0.224 e. The van der Waals surface area contributed by atoms with Crippen molar-refractivity contribution in [1.29, 1.82) is 0 Å². The molecule has 0 fully saturated rings. The highest BCUT2D eigenvalue weighted by Crippen LogP contribution is 2.35. The standard InChI is InChI=1S/C10H14ClN3S/c1-6(2)5-12-9-8-7(3-4-15-8)13-10(11)14-9/h6H,3-5H2,1-2H3,(H,12,13,14). The van der Waals surface area contributed by atoms with Crippen LogP contribution in [-0.2, 0) is 6.42 Å². The van der Waals surface area contributed by atoms with Crippen LogP contribution in [-0.4, -0.2) is 22.3 Å². The largest absolute Gasteiger partial charge is 0.369 e. The van der Waals surface area contributed by atoms with Crippen LogP contribution in [0.4, 0.5) is 5.82 Å².